The molecular weight excluding hydrogens is 665 g/mol. The summed E-state index contributed by atoms with van der Waals surface area (Å²) < 4.78 is 35.5. The molecule has 2 aliphatic heterocycles. The molecule has 250 valence electrons. The largest absolute Gasteiger partial charge is 0.744 e. The van der Waals surface area contributed by atoms with Crippen molar-refractivity contribution in [2.75, 3.05) is 0 Å². The van der Waals surface area contributed by atoms with Gasteiger partial charge in [-0.1, -0.05) is 103 Å². The molecule has 0 saturated heterocycles. The third-order valence-electron chi connectivity index (χ3n) is 9.37. The fraction of sp³-hybridized carbons (Fsp3) is 0. The molecule has 0 aliphatic carbocycles. The lowest BCUT2D eigenvalue weighted by Crippen LogP contribution is -1.98. The van der Waals surface area contributed by atoms with Crippen molar-refractivity contribution in [3.05, 3.63) is 162 Å². The van der Waals surface area contributed by atoms with Crippen LogP contribution in [0.5, 0.6) is 0 Å². The van der Waals surface area contributed by atoms with E-state index in [0.717, 1.165) is 78.1 Å². The van der Waals surface area contributed by atoms with E-state index in [0.29, 0.717) is 11.3 Å². The second-order valence-corrected chi connectivity index (χ2v) is 14.0. The molecule has 0 radical (unpaired) electrons. The molecule has 8 heteroatoms. The second-order valence-electron chi connectivity index (χ2n) is 12.6. The first-order valence-electron chi connectivity index (χ1n) is 16.8. The smallest absolute Gasteiger partial charge is 0.124 e. The third kappa shape index (κ3) is 5.66. The number of nitrogens with one attached hydrogen (secondary N) is 2. The van der Waals surface area contributed by atoms with E-state index in [1.54, 1.807) is 12.1 Å². The van der Waals surface area contributed by atoms with Crippen LogP contribution in [0.1, 0.15) is 22.8 Å². The van der Waals surface area contributed by atoms with E-state index in [2.05, 4.69) is 70.7 Å². The highest BCUT2D eigenvalue weighted by molar-refractivity contribution is 7.85. The maximum absolute atomic E-state index is 11.8. The lowest BCUT2D eigenvalue weighted by atomic mass is 10.0. The van der Waals surface area contributed by atoms with Gasteiger partial charge >= 0.3 is 0 Å². The van der Waals surface area contributed by atoms with E-state index < -0.39 is 10.1 Å². The predicted molar refractivity (Wildman–Crippen MR) is 209 cm³/mol. The molecule has 3 aromatic heterocycles. The van der Waals surface area contributed by atoms with Crippen molar-refractivity contribution < 1.29 is 13.0 Å². The molecular formula is C44H29N4O3S-. The Morgan fingerprint density at radius 2 is 0.673 bits per heavy atom. The molecule has 7 nitrogen and oxygen atoms in total. The molecule has 0 amide bonds. The average Bonchev–Trinajstić information content (AvgIpc) is 4.01. The molecule has 0 unspecified atom stereocenters. The van der Waals surface area contributed by atoms with Crippen LogP contribution in [0, 0.1) is 0 Å². The van der Waals surface area contributed by atoms with E-state index in [9.17, 15) is 13.0 Å². The maximum atomic E-state index is 11.8. The number of fused-ring (bicyclic) bond motifs is 8. The lowest BCUT2D eigenvalue weighted by molar-refractivity contribution is 0.463. The van der Waals surface area contributed by atoms with Crippen LogP contribution in [0.25, 0.3) is 90.9 Å². The predicted octanol–water partition coefficient (Wildman–Crippen LogP) is 10.2. The van der Waals surface area contributed by atoms with Gasteiger partial charge in [0.2, 0.25) is 0 Å². The van der Waals surface area contributed by atoms with Crippen LogP contribution in [0.3, 0.4) is 0 Å². The highest BCUT2D eigenvalue weighted by atomic mass is 32.2. The van der Waals surface area contributed by atoms with Crippen LogP contribution >= 0.6 is 0 Å². The van der Waals surface area contributed by atoms with Crippen LogP contribution in [-0.4, -0.2) is 32.9 Å². The molecule has 2 N–H and O–H groups in total. The molecule has 8 bridgehead atoms. The molecule has 2 aliphatic rings. The lowest BCUT2D eigenvalue weighted by Gasteiger charge is -2.09. The van der Waals surface area contributed by atoms with Gasteiger partial charge in [0.1, 0.15) is 10.1 Å². The monoisotopic (exact) mass is 693 g/mol. The fourth-order valence-corrected chi connectivity index (χ4v) is 7.49. The topological polar surface area (TPSA) is 115 Å². The number of aromatic nitrogens is 4. The van der Waals surface area contributed by atoms with Gasteiger partial charge in [0.25, 0.3) is 0 Å². The summed E-state index contributed by atoms with van der Waals surface area (Å²) in [6, 6.07) is 44.8. The molecule has 5 heterocycles. The van der Waals surface area contributed by atoms with Crippen molar-refractivity contribution in [3.63, 3.8) is 0 Å². The number of nitrogens with zero attached hydrogens (tertiary/aromatic N) is 2. The van der Waals surface area contributed by atoms with Crippen LogP contribution in [-0.2, 0) is 10.1 Å². The van der Waals surface area contributed by atoms with Crippen LogP contribution < -0.4 is 0 Å². The molecule has 9 rings (SSSR count). The normalized spacial score (nSPS) is 12.3. The zero-order valence-corrected chi connectivity index (χ0v) is 28.4. The molecule has 0 fully saturated rings. The highest BCUT2D eigenvalue weighted by Gasteiger charge is 2.19. The Labute approximate surface area is 300 Å². The van der Waals surface area contributed by atoms with Crippen LogP contribution in [0.4, 0.5) is 0 Å². The summed E-state index contributed by atoms with van der Waals surface area (Å²) in [6.07, 6.45) is 8.10. The van der Waals surface area contributed by atoms with Crippen LogP contribution in [0.2, 0.25) is 0 Å². The van der Waals surface area contributed by atoms with Gasteiger partial charge < -0.3 is 14.5 Å². The minimum absolute atomic E-state index is 0.292. The summed E-state index contributed by atoms with van der Waals surface area (Å²) in [5.74, 6) is 0. The molecule has 52 heavy (non-hydrogen) atoms. The van der Waals surface area contributed by atoms with Crippen molar-refractivity contribution in [1.82, 2.24) is 19.9 Å². The number of rotatable bonds is 5. The zero-order chi connectivity index (χ0) is 35.2. The number of aromatic amines is 2. The van der Waals surface area contributed by atoms with E-state index in [-0.39, 0.29) is 4.90 Å². The van der Waals surface area contributed by atoms with Gasteiger partial charge in [-0.2, -0.15) is 0 Å². The van der Waals surface area contributed by atoms with Gasteiger partial charge in [-0.15, -0.1) is 0 Å². The minimum atomic E-state index is -4.62. The summed E-state index contributed by atoms with van der Waals surface area (Å²) >= 11 is 0. The first-order chi connectivity index (χ1) is 25.4. The number of hydrogen-bond acceptors (Lipinski definition) is 5. The van der Waals surface area contributed by atoms with E-state index >= 15 is 0 Å². The quantitative estimate of drug-likeness (QED) is 0.174. The fourth-order valence-electron chi connectivity index (χ4n) is 7.02. The van der Waals surface area contributed by atoms with E-state index in [1.165, 1.54) is 12.1 Å². The van der Waals surface area contributed by atoms with Gasteiger partial charge in [-0.3, -0.25) is 0 Å². The summed E-state index contributed by atoms with van der Waals surface area (Å²) in [5, 5.41) is 0. The van der Waals surface area contributed by atoms with E-state index in [4.69, 9.17) is 9.97 Å². The SMILES string of the molecule is O=S(=O)([O-])c1ccc(-c2c3nc(c(-c4ccccc4)c4ccc([nH]4)c(-c4ccccc4)c4nc(c(-c5ccccc5)c5ccc2[nH]5)C=C4)C=C3)cc1. The van der Waals surface area contributed by atoms with Gasteiger partial charge in [-0.25, -0.2) is 18.4 Å². The van der Waals surface area contributed by atoms with Crippen LogP contribution in [0.15, 0.2) is 144 Å². The van der Waals surface area contributed by atoms with Gasteiger partial charge in [0.15, 0.2) is 0 Å². The molecule has 0 saturated carbocycles. The number of hydrogen-bond donors (Lipinski definition) is 2. The Morgan fingerprint density at radius 1 is 0.385 bits per heavy atom. The summed E-state index contributed by atoms with van der Waals surface area (Å²) in [4.78, 5) is 17.6. The minimum Gasteiger partial charge on any atom is -0.744 e. The Hall–Kier alpha value is -6.61. The van der Waals surface area contributed by atoms with Crippen molar-refractivity contribution >= 4 is 56.5 Å². The third-order valence-corrected chi connectivity index (χ3v) is 10.2. The number of H-pyrrole nitrogens is 2. The summed E-state index contributed by atoms with van der Waals surface area (Å²) in [5.41, 5.74) is 13.8. The van der Waals surface area contributed by atoms with Crippen molar-refractivity contribution in [2.45, 2.75) is 4.90 Å². The molecule has 0 spiro atoms. The maximum Gasteiger partial charge on any atom is 0.124 e. The Kier molecular flexibility index (Phi) is 7.61. The van der Waals surface area contributed by atoms with Crippen molar-refractivity contribution in [1.29, 1.82) is 0 Å². The van der Waals surface area contributed by atoms with Crippen molar-refractivity contribution in [2.24, 2.45) is 0 Å². The highest BCUT2D eigenvalue weighted by Crippen LogP contribution is 2.38. The Balaban J connectivity index is 1.46. The standard InChI is InChI=1S/C44H30N4O3S/c49-52(50,51)32-18-16-31(17-19-32)44-39-26-24-37(47-39)42(29-12-6-2-7-13-29)35-22-20-33(45-35)41(28-10-4-1-5-11-28)34-21-23-36(46-34)43(30-14-8-3-9-15-30)38-25-27-40(44)48-38/h1-27,45,48H,(H,49,50,51)/p-1. The first-order valence-corrected chi connectivity index (χ1v) is 18.2. The van der Waals surface area contributed by atoms with Gasteiger partial charge in [0.05, 0.1) is 27.7 Å². The van der Waals surface area contributed by atoms with Crippen molar-refractivity contribution in [3.8, 4) is 44.5 Å². The summed E-state index contributed by atoms with van der Waals surface area (Å²) in [6.45, 7) is 0. The second kappa shape index (κ2) is 12.6. The van der Waals surface area contributed by atoms with E-state index in [1.807, 2.05) is 78.9 Å². The Bertz CT molecular complexity index is 2800. The molecule has 4 aromatic carbocycles. The summed E-state index contributed by atoms with van der Waals surface area (Å²) in [7, 11) is -4.62. The van der Waals surface area contributed by atoms with Gasteiger partial charge in [-0.05, 0) is 83.0 Å². The number of benzene rings is 4. The zero-order valence-electron chi connectivity index (χ0n) is 27.6. The molecule has 0 atom stereocenters. The van der Waals surface area contributed by atoms with Gasteiger partial charge in [0, 0.05) is 44.3 Å². The Morgan fingerprint density at radius 3 is 0.962 bits per heavy atom. The molecule has 7 aromatic rings. The first kappa shape index (κ1) is 31.4. The average molecular weight is 694 g/mol.